The second-order valence-electron chi connectivity index (χ2n) is 5.49. The number of benzene rings is 1. The molecule has 0 spiro atoms. The molecule has 9 nitrogen and oxygen atoms in total. The van der Waals surface area contributed by atoms with Gasteiger partial charge in [0.1, 0.15) is 12.0 Å². The summed E-state index contributed by atoms with van der Waals surface area (Å²) in [6, 6.07) is 5.57. The molecular weight excluding hydrogens is 348 g/mol. The maximum Gasteiger partial charge on any atom is 0.273 e. The zero-order chi connectivity index (χ0) is 18.8. The average Bonchev–Trinajstić information content (AvgIpc) is 2.81. The third-order valence-corrected chi connectivity index (χ3v) is 3.71. The van der Waals surface area contributed by atoms with Gasteiger partial charge in [0.15, 0.2) is 5.78 Å². The van der Waals surface area contributed by atoms with Gasteiger partial charge in [0, 0.05) is 29.9 Å². The lowest BCUT2D eigenvalue weighted by Crippen LogP contribution is -2.26. The topological polar surface area (TPSA) is 144 Å². The molecule has 0 bridgehead atoms. The van der Waals surface area contributed by atoms with Crippen LogP contribution in [-0.4, -0.2) is 41.8 Å². The summed E-state index contributed by atoms with van der Waals surface area (Å²) < 4.78 is 27.7. The Morgan fingerprint density at radius 3 is 2.64 bits per heavy atom. The van der Waals surface area contributed by atoms with Crippen molar-refractivity contribution in [1.82, 2.24) is 9.88 Å². The Bertz CT molecular complexity index is 967. The number of nitrogens with zero attached hydrogens (tertiary/aromatic N) is 2. The molecule has 0 atom stereocenters. The summed E-state index contributed by atoms with van der Waals surface area (Å²) in [7, 11) is -1.85. The first-order valence-corrected chi connectivity index (χ1v) is 9.08. The molecule has 1 aromatic heterocycles. The Labute approximate surface area is 144 Å². The number of carbonyl (C=O) groups excluding carboxylic acids is 2. The van der Waals surface area contributed by atoms with E-state index in [-0.39, 0.29) is 11.7 Å². The quantitative estimate of drug-likeness (QED) is 0.231. The van der Waals surface area contributed by atoms with Crippen molar-refractivity contribution in [2.24, 2.45) is 18.0 Å². The third-order valence-electron chi connectivity index (χ3n) is 3.71. The van der Waals surface area contributed by atoms with Gasteiger partial charge in [0.05, 0.1) is 6.26 Å². The lowest BCUT2D eigenvalue weighted by molar-refractivity contribution is 0.0959. The van der Waals surface area contributed by atoms with Gasteiger partial charge in [-0.2, -0.15) is 13.5 Å². The number of nitrogens with one attached hydrogen (secondary N) is 1. The van der Waals surface area contributed by atoms with Crippen molar-refractivity contribution in [1.29, 1.82) is 0 Å². The summed E-state index contributed by atoms with van der Waals surface area (Å²) in [5, 5.41) is 6.67. The first-order valence-electron chi connectivity index (χ1n) is 7.23. The lowest BCUT2D eigenvalue weighted by Gasteiger charge is -2.11. The Morgan fingerprint density at radius 1 is 1.40 bits per heavy atom. The van der Waals surface area contributed by atoms with E-state index in [1.54, 1.807) is 0 Å². The fraction of sp³-hybridized carbons (Fsp3) is 0.267. The van der Waals surface area contributed by atoms with E-state index in [0.29, 0.717) is 30.4 Å². The minimum absolute atomic E-state index is 0.129. The summed E-state index contributed by atoms with van der Waals surface area (Å²) in [4.78, 5) is 24.2. The van der Waals surface area contributed by atoms with Crippen LogP contribution in [0.15, 0.2) is 23.3 Å². The molecule has 0 radical (unpaired) electrons. The first-order chi connectivity index (χ1) is 11.6. The largest absolute Gasteiger partial charge is 0.339 e. The van der Waals surface area contributed by atoms with Gasteiger partial charge >= 0.3 is 0 Å². The van der Waals surface area contributed by atoms with Gasteiger partial charge in [-0.1, -0.05) is 12.1 Å². The van der Waals surface area contributed by atoms with Gasteiger partial charge in [0.2, 0.25) is 0 Å². The smallest absolute Gasteiger partial charge is 0.273 e. The zero-order valence-corrected chi connectivity index (χ0v) is 14.5. The minimum Gasteiger partial charge on any atom is -0.339 e. The van der Waals surface area contributed by atoms with Crippen LogP contribution in [0.25, 0.3) is 10.9 Å². The number of hydrogen-bond donors (Lipinski definition) is 3. The van der Waals surface area contributed by atoms with Gasteiger partial charge < -0.3 is 15.7 Å². The number of Topliss-reactive ketones (excluding diaryl/α,β-unsaturated/α-hetero) is 1. The Morgan fingerprint density at radius 2 is 2.04 bits per heavy atom. The molecule has 0 saturated heterocycles. The average molecular weight is 366 g/mol. The number of aryl methyl sites for hydroxylation is 2. The van der Waals surface area contributed by atoms with E-state index in [1.165, 1.54) is 0 Å². The highest BCUT2D eigenvalue weighted by atomic mass is 32.2. The molecule has 1 amide bonds. The molecule has 0 fully saturated rings. The fourth-order valence-electron chi connectivity index (χ4n) is 2.88. The van der Waals surface area contributed by atoms with Crippen LogP contribution < -0.4 is 11.2 Å². The van der Waals surface area contributed by atoms with Crippen molar-refractivity contribution in [2.45, 2.75) is 12.8 Å². The number of hydrazone groups is 1. The molecule has 3 rings (SSSR count). The SMILES string of the molecule is CS(=O)(=O)O.Cn1c(C(=O)NC=NN)c2c3c(cccc31)C(=O)CC2. The highest BCUT2D eigenvalue weighted by molar-refractivity contribution is 7.85. The molecule has 0 unspecified atom stereocenters. The fourth-order valence-corrected chi connectivity index (χ4v) is 2.88. The molecule has 0 aliphatic heterocycles. The summed E-state index contributed by atoms with van der Waals surface area (Å²) in [5.41, 5.74) is 3.06. The summed E-state index contributed by atoms with van der Waals surface area (Å²) in [5.74, 6) is 4.85. The molecule has 1 aliphatic carbocycles. The Balaban J connectivity index is 0.000000399. The van der Waals surface area contributed by atoms with Crippen LogP contribution in [0.5, 0.6) is 0 Å². The van der Waals surface area contributed by atoms with Crippen LogP contribution in [0, 0.1) is 0 Å². The molecule has 1 aromatic carbocycles. The summed E-state index contributed by atoms with van der Waals surface area (Å²) in [6.45, 7) is 0. The summed E-state index contributed by atoms with van der Waals surface area (Å²) in [6.07, 6.45) is 2.88. The number of rotatable bonds is 2. The van der Waals surface area contributed by atoms with Crippen molar-refractivity contribution in [2.75, 3.05) is 6.26 Å². The van der Waals surface area contributed by atoms with E-state index in [1.807, 2.05) is 29.8 Å². The van der Waals surface area contributed by atoms with Crippen molar-refractivity contribution in [3.63, 3.8) is 0 Å². The molecule has 4 N–H and O–H groups in total. The predicted molar refractivity (Wildman–Crippen MR) is 93.2 cm³/mol. The van der Waals surface area contributed by atoms with Gasteiger partial charge in [-0.15, -0.1) is 0 Å². The number of ketones is 1. The molecule has 0 saturated carbocycles. The number of hydrogen-bond acceptors (Lipinski definition) is 6. The van der Waals surface area contributed by atoms with Crippen molar-refractivity contribution in [3.05, 3.63) is 35.0 Å². The van der Waals surface area contributed by atoms with E-state index in [0.717, 1.165) is 22.8 Å². The highest BCUT2D eigenvalue weighted by Crippen LogP contribution is 2.33. The van der Waals surface area contributed by atoms with Gasteiger partial charge in [-0.3, -0.25) is 14.1 Å². The standard InChI is InChI=1S/C14H14N4O2.CH4O3S/c1-18-10-4-2-3-8-11(19)6-5-9(12(8)10)13(18)14(20)16-7-17-15;1-5(2,3)4/h2-4,7H,5-6,15H2,1H3,(H,16,17,20);1H3,(H,2,3,4). The van der Waals surface area contributed by atoms with Crippen LogP contribution in [0.4, 0.5) is 0 Å². The van der Waals surface area contributed by atoms with Crippen molar-refractivity contribution < 1.29 is 22.6 Å². The summed E-state index contributed by atoms with van der Waals surface area (Å²) >= 11 is 0. The number of amides is 1. The third kappa shape index (κ3) is 4.03. The normalized spacial score (nSPS) is 13.6. The van der Waals surface area contributed by atoms with Crippen LogP contribution in [0.3, 0.4) is 0 Å². The van der Waals surface area contributed by atoms with Crippen LogP contribution >= 0.6 is 0 Å². The predicted octanol–water partition coefficient (Wildman–Crippen LogP) is 0.443. The molecule has 1 aliphatic rings. The maximum absolute atomic E-state index is 12.2. The van der Waals surface area contributed by atoms with Crippen LogP contribution in [0.1, 0.15) is 32.8 Å². The van der Waals surface area contributed by atoms with E-state index in [2.05, 4.69) is 10.4 Å². The first kappa shape index (κ1) is 18.6. The van der Waals surface area contributed by atoms with E-state index < -0.39 is 10.1 Å². The van der Waals surface area contributed by atoms with Gasteiger partial charge in [0.25, 0.3) is 16.0 Å². The van der Waals surface area contributed by atoms with Gasteiger partial charge in [-0.25, -0.2) is 0 Å². The van der Waals surface area contributed by atoms with Crippen LogP contribution in [0.2, 0.25) is 0 Å². The molecule has 10 heteroatoms. The van der Waals surface area contributed by atoms with E-state index in [4.69, 9.17) is 10.4 Å². The Kier molecular flexibility index (Phi) is 5.24. The van der Waals surface area contributed by atoms with Crippen molar-refractivity contribution in [3.8, 4) is 0 Å². The second kappa shape index (κ2) is 7.03. The van der Waals surface area contributed by atoms with E-state index in [9.17, 15) is 18.0 Å². The Hall–Kier alpha value is -2.72. The number of nitrogens with two attached hydrogens (primary N) is 1. The van der Waals surface area contributed by atoms with E-state index >= 15 is 0 Å². The molecule has 134 valence electrons. The van der Waals surface area contributed by atoms with Crippen LogP contribution in [-0.2, 0) is 23.6 Å². The highest BCUT2D eigenvalue weighted by Gasteiger charge is 2.27. The number of carbonyl (C=O) groups is 2. The minimum atomic E-state index is -3.67. The molecule has 25 heavy (non-hydrogen) atoms. The second-order valence-corrected chi connectivity index (χ2v) is 6.96. The molecule has 2 aromatic rings. The number of aromatic nitrogens is 1. The van der Waals surface area contributed by atoms with Gasteiger partial charge in [-0.05, 0) is 18.1 Å². The molecule has 1 heterocycles. The lowest BCUT2D eigenvalue weighted by atomic mass is 9.90. The molecular formula is C15H18N4O5S. The maximum atomic E-state index is 12.2. The zero-order valence-electron chi connectivity index (χ0n) is 13.7. The van der Waals surface area contributed by atoms with Crippen molar-refractivity contribution >= 4 is 39.1 Å². The monoisotopic (exact) mass is 366 g/mol.